The average Bonchev–Trinajstić information content (AvgIpc) is 2.14. The SMILES string of the molecule is CCOC(=O)CCC(C)P(=O)(O)OCC. The maximum atomic E-state index is 11.5. The first-order valence-corrected chi connectivity index (χ1v) is 6.71. The van der Waals surface area contributed by atoms with E-state index in [-0.39, 0.29) is 19.0 Å². The van der Waals surface area contributed by atoms with Gasteiger partial charge in [0.05, 0.1) is 18.9 Å². The molecule has 0 aromatic heterocycles. The third-order valence-electron chi connectivity index (χ3n) is 1.94. The zero-order valence-electron chi connectivity index (χ0n) is 9.43. The summed E-state index contributed by atoms with van der Waals surface area (Å²) in [6.45, 7) is 5.49. The third kappa shape index (κ3) is 5.92. The summed E-state index contributed by atoms with van der Waals surface area (Å²) in [5.41, 5.74) is -0.540. The van der Waals surface area contributed by atoms with Gasteiger partial charge in [-0.25, -0.2) is 0 Å². The molecule has 0 fully saturated rings. The fraction of sp³-hybridized carbons (Fsp3) is 0.889. The van der Waals surface area contributed by atoms with Crippen LogP contribution in [0, 0.1) is 0 Å². The van der Waals surface area contributed by atoms with E-state index in [1.165, 1.54) is 0 Å². The molecule has 0 amide bonds. The van der Waals surface area contributed by atoms with Crippen molar-refractivity contribution in [2.45, 2.75) is 39.3 Å². The summed E-state index contributed by atoms with van der Waals surface area (Å²) in [7, 11) is -3.57. The summed E-state index contributed by atoms with van der Waals surface area (Å²) in [6, 6.07) is 0. The molecule has 90 valence electrons. The molecule has 0 spiro atoms. The van der Waals surface area contributed by atoms with E-state index in [9.17, 15) is 14.3 Å². The lowest BCUT2D eigenvalue weighted by Gasteiger charge is -2.17. The van der Waals surface area contributed by atoms with Crippen LogP contribution >= 0.6 is 7.60 Å². The Bertz CT molecular complexity index is 241. The number of hydrogen-bond acceptors (Lipinski definition) is 4. The lowest BCUT2D eigenvalue weighted by molar-refractivity contribution is -0.143. The van der Waals surface area contributed by atoms with Gasteiger partial charge in [0.15, 0.2) is 0 Å². The molecular weight excluding hydrogens is 219 g/mol. The minimum atomic E-state index is -3.57. The molecule has 0 aliphatic carbocycles. The largest absolute Gasteiger partial charge is 0.466 e. The predicted octanol–water partition coefficient (Wildman–Crippen LogP) is 1.94. The summed E-state index contributed by atoms with van der Waals surface area (Å²) in [5.74, 6) is -0.346. The van der Waals surface area contributed by atoms with Crippen LogP contribution in [0.1, 0.15) is 33.6 Å². The highest BCUT2D eigenvalue weighted by molar-refractivity contribution is 7.53. The Morgan fingerprint density at radius 3 is 2.47 bits per heavy atom. The van der Waals surface area contributed by atoms with Gasteiger partial charge in [-0.2, -0.15) is 0 Å². The third-order valence-corrected chi connectivity index (χ3v) is 3.94. The topological polar surface area (TPSA) is 72.8 Å². The Hall–Kier alpha value is -0.380. The first-order valence-electron chi connectivity index (χ1n) is 5.06. The van der Waals surface area contributed by atoms with Crippen molar-refractivity contribution in [2.24, 2.45) is 0 Å². The van der Waals surface area contributed by atoms with Gasteiger partial charge < -0.3 is 14.2 Å². The van der Waals surface area contributed by atoms with Crippen LogP contribution in [0.5, 0.6) is 0 Å². The van der Waals surface area contributed by atoms with Crippen molar-refractivity contribution in [1.82, 2.24) is 0 Å². The quantitative estimate of drug-likeness (QED) is 0.542. The maximum absolute atomic E-state index is 11.5. The van der Waals surface area contributed by atoms with Crippen molar-refractivity contribution in [3.8, 4) is 0 Å². The highest BCUT2D eigenvalue weighted by Gasteiger charge is 2.28. The van der Waals surface area contributed by atoms with Crippen LogP contribution in [-0.4, -0.2) is 29.7 Å². The Kier molecular flexibility index (Phi) is 6.81. The highest BCUT2D eigenvalue weighted by Crippen LogP contribution is 2.48. The van der Waals surface area contributed by atoms with Gasteiger partial charge in [0, 0.05) is 6.42 Å². The van der Waals surface area contributed by atoms with Gasteiger partial charge in [-0.15, -0.1) is 0 Å². The van der Waals surface area contributed by atoms with Crippen LogP contribution in [-0.2, 0) is 18.6 Å². The molecular formula is C9H19O5P. The molecule has 6 heteroatoms. The number of rotatable bonds is 7. The second-order valence-corrected chi connectivity index (χ2v) is 5.44. The predicted molar refractivity (Wildman–Crippen MR) is 56.8 cm³/mol. The van der Waals surface area contributed by atoms with E-state index in [0.717, 1.165) is 0 Å². The molecule has 0 bridgehead atoms. The van der Waals surface area contributed by atoms with Crippen LogP contribution < -0.4 is 0 Å². The van der Waals surface area contributed by atoms with E-state index < -0.39 is 13.3 Å². The standard InChI is InChI=1S/C9H19O5P/c1-4-13-9(10)7-6-8(3)15(11,12)14-5-2/h8H,4-7H2,1-3H3,(H,11,12). The number of hydrogen-bond donors (Lipinski definition) is 1. The van der Waals surface area contributed by atoms with Crippen LogP contribution in [0.2, 0.25) is 0 Å². The van der Waals surface area contributed by atoms with Crippen molar-refractivity contribution in [2.75, 3.05) is 13.2 Å². The Morgan fingerprint density at radius 1 is 1.40 bits per heavy atom. The minimum absolute atomic E-state index is 0.145. The molecule has 0 saturated carbocycles. The number of esters is 1. The van der Waals surface area contributed by atoms with Crippen molar-refractivity contribution < 1.29 is 23.5 Å². The van der Waals surface area contributed by atoms with Crippen LogP contribution in [0.4, 0.5) is 0 Å². The number of carbonyl (C=O) groups excluding carboxylic acids is 1. The lowest BCUT2D eigenvalue weighted by atomic mass is 10.2. The van der Waals surface area contributed by atoms with Gasteiger partial charge in [0.2, 0.25) is 0 Å². The van der Waals surface area contributed by atoms with Crippen LogP contribution in [0.3, 0.4) is 0 Å². The summed E-state index contributed by atoms with van der Waals surface area (Å²) in [6.07, 6.45) is 0.444. The molecule has 2 atom stereocenters. The average molecular weight is 238 g/mol. The summed E-state index contributed by atoms with van der Waals surface area (Å²) < 4.78 is 20.9. The molecule has 0 heterocycles. The molecule has 0 aliphatic rings. The molecule has 0 saturated heterocycles. The maximum Gasteiger partial charge on any atom is 0.330 e. The van der Waals surface area contributed by atoms with Gasteiger partial charge in [0.25, 0.3) is 0 Å². The minimum Gasteiger partial charge on any atom is -0.466 e. The molecule has 0 aliphatic heterocycles. The summed E-state index contributed by atoms with van der Waals surface area (Å²) >= 11 is 0. The molecule has 1 N–H and O–H groups in total. The summed E-state index contributed by atoms with van der Waals surface area (Å²) in [4.78, 5) is 20.4. The monoisotopic (exact) mass is 238 g/mol. The van der Waals surface area contributed by atoms with E-state index in [2.05, 4.69) is 0 Å². The van der Waals surface area contributed by atoms with Gasteiger partial charge in [-0.1, -0.05) is 6.92 Å². The molecule has 0 aromatic rings. The fourth-order valence-electron chi connectivity index (χ4n) is 1.04. The zero-order valence-corrected chi connectivity index (χ0v) is 10.3. The normalized spacial score (nSPS) is 16.8. The smallest absolute Gasteiger partial charge is 0.330 e. The molecule has 5 nitrogen and oxygen atoms in total. The van der Waals surface area contributed by atoms with Crippen molar-refractivity contribution >= 4 is 13.6 Å². The van der Waals surface area contributed by atoms with E-state index in [1.807, 2.05) is 0 Å². The van der Waals surface area contributed by atoms with E-state index in [0.29, 0.717) is 13.0 Å². The Labute approximate surface area is 90.3 Å². The number of carbonyl (C=O) groups is 1. The molecule has 0 aromatic carbocycles. The number of ether oxygens (including phenoxy) is 1. The lowest BCUT2D eigenvalue weighted by Crippen LogP contribution is -2.11. The Morgan fingerprint density at radius 2 is 2.00 bits per heavy atom. The van der Waals surface area contributed by atoms with Gasteiger partial charge >= 0.3 is 13.6 Å². The second-order valence-electron chi connectivity index (χ2n) is 3.17. The zero-order chi connectivity index (χ0) is 11.9. The molecule has 0 rings (SSSR count). The van der Waals surface area contributed by atoms with E-state index in [4.69, 9.17) is 9.26 Å². The van der Waals surface area contributed by atoms with Crippen molar-refractivity contribution in [3.63, 3.8) is 0 Å². The first kappa shape index (κ1) is 14.6. The van der Waals surface area contributed by atoms with Gasteiger partial charge in [-0.05, 0) is 20.3 Å². The van der Waals surface area contributed by atoms with Crippen molar-refractivity contribution in [3.05, 3.63) is 0 Å². The fourth-order valence-corrected chi connectivity index (χ4v) is 2.12. The first-order chi connectivity index (χ1) is 6.94. The van der Waals surface area contributed by atoms with Gasteiger partial charge in [-0.3, -0.25) is 9.36 Å². The molecule has 0 radical (unpaired) electrons. The highest BCUT2D eigenvalue weighted by atomic mass is 31.2. The van der Waals surface area contributed by atoms with E-state index in [1.54, 1.807) is 20.8 Å². The Balaban J connectivity index is 3.97. The second kappa shape index (κ2) is 6.99. The van der Waals surface area contributed by atoms with Crippen LogP contribution in [0.15, 0.2) is 0 Å². The summed E-state index contributed by atoms with van der Waals surface area (Å²) in [5, 5.41) is 0. The molecule has 15 heavy (non-hydrogen) atoms. The van der Waals surface area contributed by atoms with Crippen molar-refractivity contribution in [1.29, 1.82) is 0 Å². The molecule has 2 unspecified atom stereocenters. The van der Waals surface area contributed by atoms with Gasteiger partial charge in [0.1, 0.15) is 0 Å². The van der Waals surface area contributed by atoms with Crippen LogP contribution in [0.25, 0.3) is 0 Å². The van der Waals surface area contributed by atoms with E-state index >= 15 is 0 Å².